The van der Waals surface area contributed by atoms with Gasteiger partial charge in [0.2, 0.25) is 0 Å². The van der Waals surface area contributed by atoms with E-state index in [2.05, 4.69) is 0 Å². The number of phenols is 3. The molecule has 0 spiro atoms. The molecule has 3 N–H and O–H groups in total. The molecule has 1 aliphatic carbocycles. The van der Waals surface area contributed by atoms with Crippen LogP contribution in [0.5, 0.6) is 17.2 Å². The van der Waals surface area contributed by atoms with Crippen LogP contribution in [0.15, 0.2) is 66.7 Å². The first-order valence-electron chi connectivity index (χ1n) is 10.3. The third kappa shape index (κ3) is 4.92. The Hall–Kier alpha value is -2.94. The summed E-state index contributed by atoms with van der Waals surface area (Å²) in [6.45, 7) is 3.90. The van der Waals surface area contributed by atoms with Gasteiger partial charge in [-0.25, -0.2) is 0 Å². The maximum Gasteiger partial charge on any atom is 0.118 e. The van der Waals surface area contributed by atoms with E-state index in [-0.39, 0.29) is 5.41 Å². The molecular formula is C26H30O3. The van der Waals surface area contributed by atoms with E-state index < -0.39 is 0 Å². The Kier molecular flexibility index (Phi) is 6.48. The predicted octanol–water partition coefficient (Wildman–Crippen LogP) is 6.36. The highest BCUT2D eigenvalue weighted by Crippen LogP contribution is 2.45. The monoisotopic (exact) mass is 390 g/mol. The van der Waals surface area contributed by atoms with Gasteiger partial charge in [-0.05, 0) is 73.7 Å². The lowest BCUT2D eigenvalue weighted by Gasteiger charge is -2.38. The van der Waals surface area contributed by atoms with Gasteiger partial charge in [0.05, 0.1) is 0 Å². The third-order valence-electron chi connectivity index (χ3n) is 5.90. The van der Waals surface area contributed by atoms with Crippen molar-refractivity contribution < 1.29 is 15.3 Å². The van der Waals surface area contributed by atoms with Crippen molar-refractivity contribution in [3.05, 3.63) is 89.0 Å². The van der Waals surface area contributed by atoms with E-state index >= 15 is 0 Å². The molecule has 1 aliphatic rings. The second-order valence-electron chi connectivity index (χ2n) is 8.03. The van der Waals surface area contributed by atoms with Crippen LogP contribution in [0, 0.1) is 13.8 Å². The summed E-state index contributed by atoms with van der Waals surface area (Å²) in [4.78, 5) is 0. The minimum Gasteiger partial charge on any atom is -0.508 e. The standard InChI is InChI=1S/C18H20O2.C8H10O/c19-16-8-4-14(5-9-16)18(12-2-1-3-13-18)15-6-10-17(20)11-7-15;1-6-3-4-8(9)7(2)5-6/h4-11,19-20H,1-3,12-13H2;3-5,9H,1-2H3. The minimum absolute atomic E-state index is 0.0274. The molecule has 3 aromatic carbocycles. The van der Waals surface area contributed by atoms with Crippen LogP contribution in [0.4, 0.5) is 0 Å². The number of aromatic hydroxyl groups is 3. The van der Waals surface area contributed by atoms with Crippen LogP contribution in [0.25, 0.3) is 0 Å². The molecule has 0 atom stereocenters. The Morgan fingerprint density at radius 1 is 0.621 bits per heavy atom. The molecule has 1 saturated carbocycles. The maximum atomic E-state index is 9.51. The van der Waals surface area contributed by atoms with Crippen molar-refractivity contribution in [3.8, 4) is 17.2 Å². The quantitative estimate of drug-likeness (QED) is 0.477. The highest BCUT2D eigenvalue weighted by atomic mass is 16.3. The largest absolute Gasteiger partial charge is 0.508 e. The Morgan fingerprint density at radius 2 is 1.10 bits per heavy atom. The van der Waals surface area contributed by atoms with E-state index in [9.17, 15) is 10.2 Å². The fourth-order valence-corrected chi connectivity index (χ4v) is 4.27. The van der Waals surface area contributed by atoms with Crippen molar-refractivity contribution in [2.24, 2.45) is 0 Å². The summed E-state index contributed by atoms with van der Waals surface area (Å²) >= 11 is 0. The number of rotatable bonds is 2. The Morgan fingerprint density at radius 3 is 1.52 bits per heavy atom. The molecule has 3 heteroatoms. The molecule has 0 bridgehead atoms. The van der Waals surface area contributed by atoms with Gasteiger partial charge in [0, 0.05) is 5.41 Å². The Balaban J connectivity index is 0.000000224. The zero-order valence-electron chi connectivity index (χ0n) is 17.2. The summed E-state index contributed by atoms with van der Waals surface area (Å²) in [5.41, 5.74) is 4.68. The number of aryl methyl sites for hydroxylation is 2. The summed E-state index contributed by atoms with van der Waals surface area (Å²) in [6, 6.07) is 20.8. The minimum atomic E-state index is 0.0274. The lowest BCUT2D eigenvalue weighted by atomic mass is 9.65. The molecule has 3 aromatic rings. The molecule has 0 aliphatic heterocycles. The molecule has 0 unspecified atom stereocenters. The lowest BCUT2D eigenvalue weighted by molar-refractivity contribution is 0.345. The van der Waals surface area contributed by atoms with Gasteiger partial charge in [-0.2, -0.15) is 0 Å². The summed E-state index contributed by atoms with van der Waals surface area (Å²) in [6.07, 6.45) is 5.99. The van der Waals surface area contributed by atoms with Gasteiger partial charge in [-0.1, -0.05) is 61.2 Å². The van der Waals surface area contributed by atoms with E-state index in [1.807, 2.05) is 50.2 Å². The molecule has 152 valence electrons. The number of benzene rings is 3. The first-order chi connectivity index (χ1) is 13.9. The van der Waals surface area contributed by atoms with Crippen LogP contribution in [0.3, 0.4) is 0 Å². The Labute approximate surface area is 173 Å². The van der Waals surface area contributed by atoms with E-state index in [4.69, 9.17) is 5.11 Å². The summed E-state index contributed by atoms with van der Waals surface area (Å²) in [5, 5.41) is 28.1. The fourth-order valence-electron chi connectivity index (χ4n) is 4.27. The van der Waals surface area contributed by atoms with Gasteiger partial charge in [-0.15, -0.1) is 0 Å². The Bertz CT molecular complexity index is 874. The number of phenolic OH excluding ortho intramolecular Hbond substituents is 3. The summed E-state index contributed by atoms with van der Waals surface area (Å²) in [7, 11) is 0. The normalized spacial score (nSPS) is 15.2. The molecule has 29 heavy (non-hydrogen) atoms. The molecule has 0 saturated heterocycles. The topological polar surface area (TPSA) is 60.7 Å². The second-order valence-corrected chi connectivity index (χ2v) is 8.03. The molecule has 0 amide bonds. The van der Waals surface area contributed by atoms with Gasteiger partial charge in [0.25, 0.3) is 0 Å². The second kappa shape index (κ2) is 9.04. The molecule has 1 fully saturated rings. The summed E-state index contributed by atoms with van der Waals surface area (Å²) < 4.78 is 0. The molecular weight excluding hydrogens is 360 g/mol. The van der Waals surface area contributed by atoms with Gasteiger partial charge >= 0.3 is 0 Å². The van der Waals surface area contributed by atoms with Gasteiger partial charge in [0.1, 0.15) is 17.2 Å². The average molecular weight is 391 g/mol. The van der Waals surface area contributed by atoms with Crippen molar-refractivity contribution in [1.82, 2.24) is 0 Å². The molecule has 0 heterocycles. The highest BCUT2D eigenvalue weighted by Gasteiger charge is 2.35. The zero-order valence-corrected chi connectivity index (χ0v) is 17.2. The fraction of sp³-hybridized carbons (Fsp3) is 0.308. The number of hydrogen-bond donors (Lipinski definition) is 3. The molecule has 0 radical (unpaired) electrons. The first kappa shape index (κ1) is 20.8. The van der Waals surface area contributed by atoms with Crippen molar-refractivity contribution in [2.45, 2.75) is 51.4 Å². The van der Waals surface area contributed by atoms with Crippen molar-refractivity contribution in [1.29, 1.82) is 0 Å². The first-order valence-corrected chi connectivity index (χ1v) is 10.3. The molecule has 0 aromatic heterocycles. The van der Waals surface area contributed by atoms with Crippen LogP contribution in [0.2, 0.25) is 0 Å². The zero-order chi connectivity index (χ0) is 20.9. The summed E-state index contributed by atoms with van der Waals surface area (Å²) in [5.74, 6) is 0.997. The molecule has 4 rings (SSSR count). The maximum absolute atomic E-state index is 9.51. The SMILES string of the molecule is Cc1ccc(O)c(C)c1.Oc1ccc(C2(c3ccc(O)cc3)CCCCC2)cc1. The van der Waals surface area contributed by atoms with Crippen LogP contribution in [-0.4, -0.2) is 15.3 Å². The predicted molar refractivity (Wildman–Crippen MR) is 118 cm³/mol. The van der Waals surface area contributed by atoms with Gasteiger partial charge in [0.15, 0.2) is 0 Å². The highest BCUT2D eigenvalue weighted by molar-refractivity contribution is 5.43. The van der Waals surface area contributed by atoms with Crippen LogP contribution < -0.4 is 0 Å². The van der Waals surface area contributed by atoms with Gasteiger partial charge < -0.3 is 15.3 Å². The van der Waals surface area contributed by atoms with E-state index in [0.29, 0.717) is 17.2 Å². The van der Waals surface area contributed by atoms with Crippen LogP contribution in [-0.2, 0) is 5.41 Å². The third-order valence-corrected chi connectivity index (χ3v) is 5.90. The van der Waals surface area contributed by atoms with Gasteiger partial charge in [-0.3, -0.25) is 0 Å². The van der Waals surface area contributed by atoms with Crippen molar-refractivity contribution in [2.75, 3.05) is 0 Å². The van der Waals surface area contributed by atoms with E-state index in [1.54, 1.807) is 30.3 Å². The smallest absolute Gasteiger partial charge is 0.118 e. The van der Waals surface area contributed by atoms with Crippen molar-refractivity contribution in [3.63, 3.8) is 0 Å². The number of hydrogen-bond acceptors (Lipinski definition) is 3. The van der Waals surface area contributed by atoms with Crippen LogP contribution in [0.1, 0.15) is 54.4 Å². The average Bonchev–Trinajstić information content (AvgIpc) is 2.73. The van der Waals surface area contributed by atoms with E-state index in [0.717, 1.165) is 18.4 Å². The van der Waals surface area contributed by atoms with Crippen molar-refractivity contribution >= 4 is 0 Å². The molecule has 3 nitrogen and oxygen atoms in total. The van der Waals surface area contributed by atoms with E-state index in [1.165, 1.54) is 36.0 Å². The van der Waals surface area contributed by atoms with Crippen LogP contribution >= 0.6 is 0 Å². The lowest BCUT2D eigenvalue weighted by Crippen LogP contribution is -2.30.